The van der Waals surface area contributed by atoms with Crippen LogP contribution in [0.5, 0.6) is 0 Å². The summed E-state index contributed by atoms with van der Waals surface area (Å²) in [4.78, 5) is 12.3. The molecule has 0 atom stereocenters. The molecule has 4 nitrogen and oxygen atoms in total. The van der Waals surface area contributed by atoms with E-state index in [2.05, 4.69) is 0 Å². The van der Waals surface area contributed by atoms with Crippen LogP contribution < -0.4 is 0 Å². The van der Waals surface area contributed by atoms with E-state index in [1.165, 1.54) is 12.1 Å². The zero-order valence-electron chi connectivity index (χ0n) is 9.48. The highest BCUT2D eigenvalue weighted by atomic mass is 19.1. The number of hydrogen-bond donors (Lipinski definition) is 2. The number of benzene rings is 1. The van der Waals surface area contributed by atoms with Crippen molar-refractivity contribution >= 4 is 5.91 Å². The third-order valence-electron chi connectivity index (χ3n) is 2.94. The molecule has 2 N–H and O–H groups in total. The third kappa shape index (κ3) is 2.03. The second-order valence-corrected chi connectivity index (χ2v) is 4.27. The van der Waals surface area contributed by atoms with Gasteiger partial charge in [-0.2, -0.15) is 0 Å². The molecule has 1 heterocycles. The van der Waals surface area contributed by atoms with Crippen molar-refractivity contribution in [2.45, 2.75) is 25.7 Å². The number of aryl methyl sites for hydroxylation is 1. The number of carbonyl (C=O) groups excluding carboxylic acids is 1. The first-order valence-electron chi connectivity index (χ1n) is 5.45. The van der Waals surface area contributed by atoms with Crippen molar-refractivity contribution < 1.29 is 19.4 Å². The Hall–Kier alpha value is -1.46. The summed E-state index contributed by atoms with van der Waals surface area (Å²) < 4.78 is 13.7. The monoisotopic (exact) mass is 239 g/mol. The number of halogens is 1. The molecule has 1 aliphatic heterocycles. The van der Waals surface area contributed by atoms with Crippen LogP contribution in [0.15, 0.2) is 18.2 Å². The number of nitrogens with zero attached hydrogens (tertiary/aromatic N) is 1. The van der Waals surface area contributed by atoms with E-state index in [0.717, 1.165) is 4.90 Å². The van der Waals surface area contributed by atoms with Gasteiger partial charge in [0, 0.05) is 13.0 Å². The van der Waals surface area contributed by atoms with Crippen molar-refractivity contribution in [3.63, 3.8) is 0 Å². The van der Waals surface area contributed by atoms with Gasteiger partial charge in [0.2, 0.25) is 5.91 Å². The Balaban J connectivity index is 2.40. The summed E-state index contributed by atoms with van der Waals surface area (Å²) in [6.45, 7) is 1.92. The normalized spacial score (nSPS) is 16.7. The molecule has 0 spiro atoms. The number of rotatable bonds is 2. The van der Waals surface area contributed by atoms with Crippen molar-refractivity contribution in [3.8, 4) is 0 Å². The molecule has 1 amide bonds. The lowest BCUT2D eigenvalue weighted by Gasteiger charge is -2.32. The summed E-state index contributed by atoms with van der Waals surface area (Å²) >= 11 is 0. The van der Waals surface area contributed by atoms with Crippen LogP contribution in [0.4, 0.5) is 4.39 Å². The molecule has 0 saturated carbocycles. The molecule has 92 valence electrons. The minimum Gasteiger partial charge on any atom is -0.345 e. The average molecular weight is 239 g/mol. The quantitative estimate of drug-likeness (QED) is 0.752. The standard InChI is InChI=1S/C12H14FNO3/c1-8-4-5-9(10(13)7-8)12(16,17)14-6-2-3-11(14)15/h4-5,7,16-17H,2-3,6H2,1H3. The minimum absolute atomic E-state index is 0.221. The van der Waals surface area contributed by atoms with Crippen LogP contribution in [0.25, 0.3) is 0 Å². The van der Waals surface area contributed by atoms with Gasteiger partial charge in [-0.1, -0.05) is 6.07 Å². The van der Waals surface area contributed by atoms with Gasteiger partial charge in [0.25, 0.3) is 5.91 Å². The van der Waals surface area contributed by atoms with E-state index in [1.807, 2.05) is 0 Å². The van der Waals surface area contributed by atoms with Gasteiger partial charge in [-0.3, -0.25) is 9.69 Å². The molecule has 0 bridgehead atoms. The number of hydrogen-bond acceptors (Lipinski definition) is 3. The Kier molecular flexibility index (Phi) is 2.89. The lowest BCUT2D eigenvalue weighted by Crippen LogP contribution is -2.47. The zero-order valence-corrected chi connectivity index (χ0v) is 9.48. The van der Waals surface area contributed by atoms with E-state index in [1.54, 1.807) is 13.0 Å². The maximum atomic E-state index is 13.7. The van der Waals surface area contributed by atoms with E-state index >= 15 is 0 Å². The molecule has 0 aromatic heterocycles. The Labute approximate surface area is 98.3 Å². The summed E-state index contributed by atoms with van der Waals surface area (Å²) in [5.41, 5.74) is 0.383. The highest BCUT2D eigenvalue weighted by Crippen LogP contribution is 2.29. The summed E-state index contributed by atoms with van der Waals surface area (Å²) in [5.74, 6) is -3.67. The second kappa shape index (κ2) is 4.09. The average Bonchev–Trinajstić information content (AvgIpc) is 2.64. The van der Waals surface area contributed by atoms with E-state index in [-0.39, 0.29) is 24.4 Å². The maximum absolute atomic E-state index is 13.7. The molecule has 5 heteroatoms. The molecule has 1 aromatic rings. The summed E-state index contributed by atoms with van der Waals surface area (Å²) in [5, 5.41) is 19.9. The van der Waals surface area contributed by atoms with Crippen LogP contribution in [-0.4, -0.2) is 27.6 Å². The topological polar surface area (TPSA) is 60.8 Å². The van der Waals surface area contributed by atoms with Gasteiger partial charge in [-0.05, 0) is 31.0 Å². The molecule has 0 aliphatic carbocycles. The first-order chi connectivity index (χ1) is 7.93. The van der Waals surface area contributed by atoms with Crippen molar-refractivity contribution in [2.24, 2.45) is 0 Å². The summed E-state index contributed by atoms with van der Waals surface area (Å²) in [6, 6.07) is 4.06. The van der Waals surface area contributed by atoms with Gasteiger partial charge < -0.3 is 10.2 Å². The molecular weight excluding hydrogens is 225 g/mol. The summed E-state index contributed by atoms with van der Waals surface area (Å²) in [7, 11) is 0. The van der Waals surface area contributed by atoms with E-state index in [9.17, 15) is 19.4 Å². The van der Waals surface area contributed by atoms with Crippen LogP contribution in [0.2, 0.25) is 0 Å². The van der Waals surface area contributed by atoms with Gasteiger partial charge in [0.1, 0.15) is 5.82 Å². The second-order valence-electron chi connectivity index (χ2n) is 4.27. The molecule has 0 radical (unpaired) electrons. The minimum atomic E-state index is -2.56. The number of aliphatic hydroxyl groups is 2. The Morgan fingerprint density at radius 1 is 1.41 bits per heavy atom. The first-order valence-corrected chi connectivity index (χ1v) is 5.45. The number of carbonyl (C=O) groups is 1. The molecule has 1 aromatic carbocycles. The van der Waals surface area contributed by atoms with Crippen LogP contribution >= 0.6 is 0 Å². The molecule has 1 fully saturated rings. The Morgan fingerprint density at radius 3 is 2.65 bits per heavy atom. The fourth-order valence-electron chi connectivity index (χ4n) is 2.02. The smallest absolute Gasteiger partial charge is 0.280 e. The van der Waals surface area contributed by atoms with Crippen LogP contribution in [0.1, 0.15) is 24.0 Å². The molecule has 1 aliphatic rings. The van der Waals surface area contributed by atoms with Crippen molar-refractivity contribution in [1.82, 2.24) is 4.90 Å². The fraction of sp³-hybridized carbons (Fsp3) is 0.417. The highest BCUT2D eigenvalue weighted by Gasteiger charge is 2.41. The van der Waals surface area contributed by atoms with Crippen molar-refractivity contribution in [2.75, 3.05) is 6.54 Å². The lowest BCUT2D eigenvalue weighted by atomic mass is 10.1. The van der Waals surface area contributed by atoms with Crippen LogP contribution in [0, 0.1) is 12.7 Å². The summed E-state index contributed by atoms with van der Waals surface area (Å²) in [6.07, 6.45) is 0.811. The zero-order chi connectivity index (χ0) is 12.6. The number of likely N-dealkylation sites (tertiary alicyclic amines) is 1. The number of amides is 1. The van der Waals surface area contributed by atoms with E-state index in [0.29, 0.717) is 12.0 Å². The van der Waals surface area contributed by atoms with E-state index < -0.39 is 11.7 Å². The largest absolute Gasteiger partial charge is 0.345 e. The highest BCUT2D eigenvalue weighted by molar-refractivity contribution is 5.78. The molecule has 0 unspecified atom stereocenters. The predicted molar refractivity (Wildman–Crippen MR) is 58.2 cm³/mol. The molecule has 1 saturated heterocycles. The SMILES string of the molecule is Cc1ccc(C(O)(O)N2CCCC2=O)c(F)c1. The van der Waals surface area contributed by atoms with Gasteiger partial charge in [-0.25, -0.2) is 4.39 Å². The van der Waals surface area contributed by atoms with E-state index in [4.69, 9.17) is 0 Å². The predicted octanol–water partition coefficient (Wildman–Crippen LogP) is 0.851. The van der Waals surface area contributed by atoms with Gasteiger partial charge in [0.15, 0.2) is 0 Å². The van der Waals surface area contributed by atoms with Gasteiger partial charge >= 0.3 is 0 Å². The Morgan fingerprint density at radius 2 is 2.12 bits per heavy atom. The molecule has 2 rings (SSSR count). The first kappa shape index (κ1) is 12.0. The molecule has 17 heavy (non-hydrogen) atoms. The third-order valence-corrected chi connectivity index (χ3v) is 2.94. The van der Waals surface area contributed by atoms with Crippen molar-refractivity contribution in [1.29, 1.82) is 0 Å². The van der Waals surface area contributed by atoms with Gasteiger partial charge in [0.05, 0.1) is 5.56 Å². The van der Waals surface area contributed by atoms with Crippen LogP contribution in [-0.2, 0) is 10.7 Å². The molecular formula is C12H14FNO3. The Bertz CT molecular complexity index is 459. The van der Waals surface area contributed by atoms with Crippen molar-refractivity contribution in [3.05, 3.63) is 35.1 Å². The lowest BCUT2D eigenvalue weighted by molar-refractivity contribution is -0.263. The maximum Gasteiger partial charge on any atom is 0.280 e. The van der Waals surface area contributed by atoms with Crippen LogP contribution in [0.3, 0.4) is 0 Å². The van der Waals surface area contributed by atoms with Gasteiger partial charge in [-0.15, -0.1) is 0 Å². The fourth-order valence-corrected chi connectivity index (χ4v) is 2.02.